The van der Waals surface area contributed by atoms with Gasteiger partial charge in [-0.2, -0.15) is 0 Å². The van der Waals surface area contributed by atoms with E-state index in [0.29, 0.717) is 22.6 Å². The molecule has 0 bridgehead atoms. The van der Waals surface area contributed by atoms with Crippen molar-refractivity contribution in [2.45, 2.75) is 6.54 Å². The fourth-order valence-electron chi connectivity index (χ4n) is 2.92. The Morgan fingerprint density at radius 2 is 1.90 bits per heavy atom. The lowest BCUT2D eigenvalue weighted by atomic mass is 10.1. The first-order chi connectivity index (χ1) is 14.5. The van der Waals surface area contributed by atoms with Gasteiger partial charge in [0.1, 0.15) is 11.3 Å². The first-order valence-electron chi connectivity index (χ1n) is 9.04. The monoisotopic (exact) mass is 404 g/mol. The predicted molar refractivity (Wildman–Crippen MR) is 106 cm³/mol. The van der Waals surface area contributed by atoms with Crippen LogP contribution < -0.4 is 20.9 Å². The molecule has 9 heteroatoms. The average molecular weight is 404 g/mol. The van der Waals surface area contributed by atoms with Gasteiger partial charge in [-0.25, -0.2) is 4.98 Å². The number of ketones is 1. The molecule has 0 saturated carbocycles. The van der Waals surface area contributed by atoms with Crippen LogP contribution in [0, 0.1) is 0 Å². The topological polar surface area (TPSA) is 130 Å². The largest absolute Gasteiger partial charge is 0.482 e. The van der Waals surface area contributed by atoms with Crippen molar-refractivity contribution in [2.75, 3.05) is 11.9 Å². The number of benzene rings is 2. The Bertz CT molecular complexity index is 1200. The van der Waals surface area contributed by atoms with Gasteiger partial charge in [-0.05, 0) is 17.7 Å². The number of nitrogens with one attached hydrogen (secondary N) is 3. The third-order valence-electron chi connectivity index (χ3n) is 4.42. The molecular weight excluding hydrogens is 388 g/mol. The van der Waals surface area contributed by atoms with E-state index in [1.807, 2.05) is 0 Å². The number of rotatable bonds is 5. The van der Waals surface area contributed by atoms with E-state index in [1.54, 1.807) is 48.5 Å². The minimum Gasteiger partial charge on any atom is -0.482 e. The molecule has 2 amide bonds. The highest BCUT2D eigenvalue weighted by Crippen LogP contribution is 2.28. The molecule has 3 aromatic rings. The molecule has 0 radical (unpaired) electrons. The molecule has 0 unspecified atom stereocenters. The van der Waals surface area contributed by atoms with Crippen LogP contribution in [0.1, 0.15) is 32.1 Å². The lowest BCUT2D eigenvalue weighted by molar-refractivity contribution is -0.118. The van der Waals surface area contributed by atoms with Gasteiger partial charge in [-0.3, -0.25) is 19.2 Å². The van der Waals surface area contributed by atoms with Crippen molar-refractivity contribution in [3.63, 3.8) is 0 Å². The van der Waals surface area contributed by atoms with E-state index in [1.165, 1.54) is 0 Å². The van der Waals surface area contributed by atoms with Crippen molar-refractivity contribution >= 4 is 23.3 Å². The first kappa shape index (κ1) is 19.1. The molecule has 2 heterocycles. The zero-order valence-electron chi connectivity index (χ0n) is 15.6. The number of aromatic amines is 1. The smallest absolute Gasteiger partial charge is 0.287 e. The maximum atomic E-state index is 12.4. The molecular formula is C21H16N4O5. The summed E-state index contributed by atoms with van der Waals surface area (Å²) in [7, 11) is 0. The summed E-state index contributed by atoms with van der Waals surface area (Å²) < 4.78 is 5.28. The summed E-state index contributed by atoms with van der Waals surface area (Å²) in [5, 5.41) is 5.32. The van der Waals surface area contributed by atoms with Crippen molar-refractivity contribution in [1.29, 1.82) is 0 Å². The number of hydrogen-bond donors (Lipinski definition) is 3. The SMILES string of the molecule is O=C1COc2ccc(CNC(=O)c3ncc(C(=O)c4ccccc4)c(=O)[nH]3)cc2N1. The standard InChI is InChI=1S/C21H16N4O5/c26-17-11-30-16-7-6-12(8-15(16)24-17)9-23-21(29)19-22-10-14(20(28)25-19)18(27)13-4-2-1-3-5-13/h1-8,10H,9,11H2,(H,23,29)(H,24,26)(H,22,25,28). The minimum absolute atomic E-state index is 0.0368. The van der Waals surface area contributed by atoms with Crippen molar-refractivity contribution in [3.8, 4) is 5.75 Å². The highest BCUT2D eigenvalue weighted by Gasteiger charge is 2.18. The number of H-pyrrole nitrogens is 1. The fourth-order valence-corrected chi connectivity index (χ4v) is 2.92. The summed E-state index contributed by atoms with van der Waals surface area (Å²) in [5.74, 6) is -0.998. The minimum atomic E-state index is -0.697. The van der Waals surface area contributed by atoms with Crippen LogP contribution in [-0.2, 0) is 11.3 Å². The van der Waals surface area contributed by atoms with Crippen LogP contribution in [-0.4, -0.2) is 34.2 Å². The molecule has 0 spiro atoms. The second-order valence-corrected chi connectivity index (χ2v) is 6.52. The molecule has 0 saturated heterocycles. The third kappa shape index (κ3) is 3.95. The van der Waals surface area contributed by atoms with Crippen molar-refractivity contribution in [1.82, 2.24) is 15.3 Å². The van der Waals surface area contributed by atoms with Gasteiger partial charge in [0, 0.05) is 18.3 Å². The number of anilines is 1. The van der Waals surface area contributed by atoms with E-state index in [0.717, 1.165) is 6.20 Å². The molecule has 0 aliphatic carbocycles. The Kier molecular flexibility index (Phi) is 5.08. The molecule has 0 fully saturated rings. The first-order valence-corrected chi connectivity index (χ1v) is 9.04. The maximum absolute atomic E-state index is 12.4. The van der Waals surface area contributed by atoms with Crippen molar-refractivity contribution < 1.29 is 19.1 Å². The molecule has 4 rings (SSSR count). The summed E-state index contributed by atoms with van der Waals surface area (Å²) in [5.41, 5.74) is 0.741. The molecule has 1 aliphatic rings. The Labute approximate surface area is 170 Å². The van der Waals surface area contributed by atoms with E-state index in [9.17, 15) is 19.2 Å². The molecule has 3 N–H and O–H groups in total. The van der Waals surface area contributed by atoms with Crippen molar-refractivity contribution in [2.24, 2.45) is 0 Å². The number of aromatic nitrogens is 2. The van der Waals surface area contributed by atoms with Crippen molar-refractivity contribution in [3.05, 3.63) is 87.6 Å². The van der Waals surface area contributed by atoms with Crippen LogP contribution >= 0.6 is 0 Å². The summed E-state index contributed by atoms with van der Waals surface area (Å²) in [6, 6.07) is 13.4. The highest BCUT2D eigenvalue weighted by molar-refractivity contribution is 6.08. The van der Waals surface area contributed by atoms with E-state index in [2.05, 4.69) is 20.6 Å². The molecule has 1 aliphatic heterocycles. The fraction of sp³-hybridized carbons (Fsp3) is 0.0952. The van der Waals surface area contributed by atoms with Gasteiger partial charge in [0.2, 0.25) is 0 Å². The lowest BCUT2D eigenvalue weighted by Gasteiger charge is -2.18. The Morgan fingerprint density at radius 3 is 2.67 bits per heavy atom. The number of fused-ring (bicyclic) bond motifs is 1. The van der Waals surface area contributed by atoms with Gasteiger partial charge in [0.25, 0.3) is 17.4 Å². The van der Waals surface area contributed by atoms with E-state index in [4.69, 9.17) is 4.74 Å². The van der Waals surface area contributed by atoms with Crippen LogP contribution in [0.3, 0.4) is 0 Å². The van der Waals surface area contributed by atoms with Crippen LogP contribution in [0.4, 0.5) is 5.69 Å². The number of carbonyl (C=O) groups is 3. The number of ether oxygens (including phenoxy) is 1. The second kappa shape index (κ2) is 8.00. The summed E-state index contributed by atoms with van der Waals surface area (Å²) in [6.07, 6.45) is 1.09. The van der Waals surface area contributed by atoms with Crippen LogP contribution in [0.2, 0.25) is 0 Å². The van der Waals surface area contributed by atoms with E-state index >= 15 is 0 Å². The highest BCUT2D eigenvalue weighted by atomic mass is 16.5. The second-order valence-electron chi connectivity index (χ2n) is 6.52. The van der Waals surface area contributed by atoms with E-state index in [-0.39, 0.29) is 30.4 Å². The molecule has 1 aromatic heterocycles. The van der Waals surface area contributed by atoms with Gasteiger partial charge < -0.3 is 20.4 Å². The van der Waals surface area contributed by atoms with Gasteiger partial charge in [0.15, 0.2) is 18.2 Å². The maximum Gasteiger partial charge on any atom is 0.287 e. The van der Waals surface area contributed by atoms with Crippen LogP contribution in [0.15, 0.2) is 59.5 Å². The van der Waals surface area contributed by atoms with Gasteiger partial charge in [-0.1, -0.05) is 36.4 Å². The van der Waals surface area contributed by atoms with Gasteiger partial charge in [0.05, 0.1) is 5.69 Å². The number of carbonyl (C=O) groups excluding carboxylic acids is 3. The summed E-state index contributed by atoms with van der Waals surface area (Å²) >= 11 is 0. The molecule has 2 aromatic carbocycles. The Balaban J connectivity index is 1.45. The average Bonchev–Trinajstić information content (AvgIpc) is 2.77. The van der Waals surface area contributed by atoms with Gasteiger partial charge in [-0.15, -0.1) is 0 Å². The number of amides is 2. The quantitative estimate of drug-likeness (QED) is 0.549. The van der Waals surface area contributed by atoms with Crippen LogP contribution in [0.5, 0.6) is 5.75 Å². The zero-order valence-corrected chi connectivity index (χ0v) is 15.6. The normalized spacial score (nSPS) is 12.3. The summed E-state index contributed by atoms with van der Waals surface area (Å²) in [4.78, 5) is 54.7. The predicted octanol–water partition coefficient (Wildman–Crippen LogP) is 1.26. The number of hydrogen-bond acceptors (Lipinski definition) is 6. The summed E-state index contributed by atoms with van der Waals surface area (Å²) in [6.45, 7) is 0.0985. The Morgan fingerprint density at radius 1 is 1.10 bits per heavy atom. The van der Waals surface area contributed by atoms with Crippen LogP contribution in [0.25, 0.3) is 0 Å². The molecule has 30 heavy (non-hydrogen) atoms. The molecule has 9 nitrogen and oxygen atoms in total. The number of nitrogens with zero attached hydrogens (tertiary/aromatic N) is 1. The zero-order chi connectivity index (χ0) is 21.1. The molecule has 150 valence electrons. The molecule has 0 atom stereocenters. The lowest BCUT2D eigenvalue weighted by Crippen LogP contribution is -2.29. The van der Waals surface area contributed by atoms with Gasteiger partial charge >= 0.3 is 0 Å². The Hall–Kier alpha value is -4.27. The van der Waals surface area contributed by atoms with E-state index < -0.39 is 17.2 Å². The third-order valence-corrected chi connectivity index (χ3v) is 4.42.